The zero-order valence-electron chi connectivity index (χ0n) is 9.86. The Labute approximate surface area is 101 Å². The van der Waals surface area contributed by atoms with Crippen LogP contribution < -0.4 is 5.11 Å². The van der Waals surface area contributed by atoms with Crippen molar-refractivity contribution < 1.29 is 9.90 Å². The van der Waals surface area contributed by atoms with Crippen LogP contribution in [0.2, 0.25) is 0 Å². The lowest BCUT2D eigenvalue weighted by Crippen LogP contribution is -2.23. The monoisotopic (exact) mass is 225 g/mol. The Hall–Kier alpha value is -2.09. The van der Waals surface area contributed by atoms with Gasteiger partial charge in [0.15, 0.2) is 0 Å². The molecule has 86 valence electrons. The number of aromatic carboxylic acids is 1. The Morgan fingerprint density at radius 3 is 2.12 bits per heavy atom. The van der Waals surface area contributed by atoms with E-state index in [-0.39, 0.29) is 5.56 Å². The minimum absolute atomic E-state index is 0.236. The van der Waals surface area contributed by atoms with Crippen LogP contribution in [0.3, 0.4) is 0 Å². The van der Waals surface area contributed by atoms with Crippen molar-refractivity contribution in [3.05, 3.63) is 59.2 Å². The number of carboxylic acid groups (broad SMARTS) is 1. The fraction of sp³-hybridized carbons (Fsp3) is 0.133. The molecule has 0 saturated carbocycles. The predicted molar refractivity (Wildman–Crippen MR) is 65.7 cm³/mol. The first kappa shape index (κ1) is 11.4. The van der Waals surface area contributed by atoms with Gasteiger partial charge in [0, 0.05) is 5.56 Å². The highest BCUT2D eigenvalue weighted by Crippen LogP contribution is 2.25. The lowest BCUT2D eigenvalue weighted by Gasteiger charge is -2.11. The summed E-state index contributed by atoms with van der Waals surface area (Å²) in [7, 11) is 0. The molecule has 2 rings (SSSR count). The number of benzene rings is 2. The van der Waals surface area contributed by atoms with Crippen LogP contribution >= 0.6 is 0 Å². The van der Waals surface area contributed by atoms with E-state index < -0.39 is 5.97 Å². The van der Waals surface area contributed by atoms with Crippen molar-refractivity contribution in [1.82, 2.24) is 0 Å². The van der Waals surface area contributed by atoms with E-state index in [1.807, 2.05) is 44.2 Å². The molecule has 0 aliphatic heterocycles. The molecule has 0 atom stereocenters. The number of hydrogen-bond acceptors (Lipinski definition) is 2. The minimum Gasteiger partial charge on any atom is -0.545 e. The van der Waals surface area contributed by atoms with Crippen molar-refractivity contribution in [2.24, 2.45) is 0 Å². The van der Waals surface area contributed by atoms with Crippen LogP contribution in [0.4, 0.5) is 0 Å². The summed E-state index contributed by atoms with van der Waals surface area (Å²) in [6, 6.07) is 13.0. The molecule has 0 aromatic heterocycles. The van der Waals surface area contributed by atoms with Crippen LogP contribution in [-0.2, 0) is 0 Å². The fourth-order valence-electron chi connectivity index (χ4n) is 1.81. The molecular formula is C15H13O2-. The molecule has 0 aliphatic rings. The van der Waals surface area contributed by atoms with Crippen LogP contribution in [0.15, 0.2) is 42.5 Å². The van der Waals surface area contributed by atoms with Gasteiger partial charge in [0.05, 0.1) is 5.97 Å². The molecule has 17 heavy (non-hydrogen) atoms. The summed E-state index contributed by atoms with van der Waals surface area (Å²) >= 11 is 0. The molecule has 0 aliphatic carbocycles. The van der Waals surface area contributed by atoms with E-state index in [0.29, 0.717) is 5.56 Å². The summed E-state index contributed by atoms with van der Waals surface area (Å²) in [6.45, 7) is 3.94. The van der Waals surface area contributed by atoms with Gasteiger partial charge >= 0.3 is 0 Å². The normalized spacial score (nSPS) is 10.2. The minimum atomic E-state index is -1.14. The van der Waals surface area contributed by atoms with Crippen LogP contribution in [0.25, 0.3) is 11.1 Å². The van der Waals surface area contributed by atoms with Crippen LogP contribution in [0.5, 0.6) is 0 Å². The zero-order valence-corrected chi connectivity index (χ0v) is 9.86. The molecule has 0 heterocycles. The van der Waals surface area contributed by atoms with Gasteiger partial charge in [0.2, 0.25) is 0 Å². The molecule has 0 radical (unpaired) electrons. The maximum atomic E-state index is 11.1. The molecule has 0 bridgehead atoms. The second-order valence-corrected chi connectivity index (χ2v) is 4.20. The van der Waals surface area contributed by atoms with Crippen LogP contribution in [0, 0.1) is 13.8 Å². The summed E-state index contributed by atoms with van der Waals surface area (Å²) in [5.41, 5.74) is 4.03. The van der Waals surface area contributed by atoms with Crippen molar-refractivity contribution in [1.29, 1.82) is 0 Å². The number of carboxylic acids is 1. The van der Waals surface area contributed by atoms with Gasteiger partial charge in [-0.25, -0.2) is 0 Å². The largest absolute Gasteiger partial charge is 0.545 e. The van der Waals surface area contributed by atoms with E-state index >= 15 is 0 Å². The highest BCUT2D eigenvalue weighted by Gasteiger charge is 2.06. The van der Waals surface area contributed by atoms with Gasteiger partial charge in [-0.3, -0.25) is 0 Å². The van der Waals surface area contributed by atoms with E-state index in [4.69, 9.17) is 0 Å². The Balaban J connectivity index is 2.60. The summed E-state index contributed by atoms with van der Waals surface area (Å²) in [4.78, 5) is 11.1. The van der Waals surface area contributed by atoms with Gasteiger partial charge in [-0.05, 0) is 25.0 Å². The van der Waals surface area contributed by atoms with E-state index in [2.05, 4.69) is 0 Å². The van der Waals surface area contributed by atoms with Crippen LogP contribution in [0.1, 0.15) is 21.5 Å². The summed E-state index contributed by atoms with van der Waals surface area (Å²) in [5, 5.41) is 11.1. The van der Waals surface area contributed by atoms with Gasteiger partial charge in [-0.2, -0.15) is 0 Å². The molecule has 0 fully saturated rings. The number of carbonyl (C=O) groups is 1. The van der Waals surface area contributed by atoms with Gasteiger partial charge in [0.1, 0.15) is 0 Å². The molecule has 0 amide bonds. The van der Waals surface area contributed by atoms with Crippen molar-refractivity contribution >= 4 is 5.97 Å². The third-order valence-electron chi connectivity index (χ3n) is 2.76. The average molecular weight is 225 g/mol. The Bertz CT molecular complexity index is 554. The molecule has 0 N–H and O–H groups in total. The highest BCUT2D eigenvalue weighted by atomic mass is 16.4. The van der Waals surface area contributed by atoms with Crippen LogP contribution in [-0.4, -0.2) is 5.97 Å². The standard InChI is InChI=1S/C15H14O2/c1-10-3-6-12(7-4-10)14-9-11(2)5-8-13(14)15(16)17/h3-9H,1-2H3,(H,16,17)/p-1. The molecular weight excluding hydrogens is 212 g/mol. The SMILES string of the molecule is Cc1ccc(-c2cc(C)ccc2C(=O)[O-])cc1. The van der Waals surface area contributed by atoms with Gasteiger partial charge in [-0.1, -0.05) is 53.6 Å². The average Bonchev–Trinajstić information content (AvgIpc) is 2.29. The fourth-order valence-corrected chi connectivity index (χ4v) is 1.81. The molecule has 0 saturated heterocycles. The highest BCUT2D eigenvalue weighted by molar-refractivity contribution is 5.94. The quantitative estimate of drug-likeness (QED) is 0.787. The number of carbonyl (C=O) groups excluding carboxylic acids is 1. The molecule has 2 heteroatoms. The molecule has 2 aromatic rings. The maximum Gasteiger partial charge on any atom is 0.0721 e. The summed E-state index contributed by atoms with van der Waals surface area (Å²) < 4.78 is 0. The third kappa shape index (κ3) is 2.36. The first-order valence-corrected chi connectivity index (χ1v) is 5.47. The van der Waals surface area contributed by atoms with Crippen molar-refractivity contribution in [3.8, 4) is 11.1 Å². The summed E-state index contributed by atoms with van der Waals surface area (Å²) in [6.07, 6.45) is 0. The molecule has 2 aromatic carbocycles. The second kappa shape index (κ2) is 4.42. The Morgan fingerprint density at radius 2 is 1.53 bits per heavy atom. The van der Waals surface area contributed by atoms with Gasteiger partial charge in [-0.15, -0.1) is 0 Å². The number of rotatable bonds is 2. The Kier molecular flexibility index (Phi) is 2.96. The second-order valence-electron chi connectivity index (χ2n) is 4.20. The van der Waals surface area contributed by atoms with Gasteiger partial charge in [0.25, 0.3) is 0 Å². The topological polar surface area (TPSA) is 40.1 Å². The maximum absolute atomic E-state index is 11.1. The molecule has 0 unspecified atom stereocenters. The third-order valence-corrected chi connectivity index (χ3v) is 2.76. The van der Waals surface area contributed by atoms with E-state index in [1.165, 1.54) is 0 Å². The smallest absolute Gasteiger partial charge is 0.0721 e. The zero-order chi connectivity index (χ0) is 12.4. The first-order valence-electron chi connectivity index (χ1n) is 5.47. The number of hydrogen-bond donors (Lipinski definition) is 0. The molecule has 2 nitrogen and oxygen atoms in total. The lowest BCUT2D eigenvalue weighted by atomic mass is 9.97. The van der Waals surface area contributed by atoms with Crippen molar-refractivity contribution in [2.45, 2.75) is 13.8 Å². The van der Waals surface area contributed by atoms with E-state index in [0.717, 1.165) is 16.7 Å². The Morgan fingerprint density at radius 1 is 0.941 bits per heavy atom. The van der Waals surface area contributed by atoms with Crippen molar-refractivity contribution in [2.75, 3.05) is 0 Å². The van der Waals surface area contributed by atoms with E-state index in [9.17, 15) is 9.90 Å². The molecule has 0 spiro atoms. The predicted octanol–water partition coefficient (Wildman–Crippen LogP) is 2.33. The number of aryl methyl sites for hydroxylation is 2. The van der Waals surface area contributed by atoms with Crippen molar-refractivity contribution in [3.63, 3.8) is 0 Å². The summed E-state index contributed by atoms with van der Waals surface area (Å²) in [5.74, 6) is -1.14. The first-order chi connectivity index (χ1) is 8.08. The van der Waals surface area contributed by atoms with E-state index in [1.54, 1.807) is 12.1 Å². The van der Waals surface area contributed by atoms with Gasteiger partial charge < -0.3 is 9.90 Å². The lowest BCUT2D eigenvalue weighted by molar-refractivity contribution is -0.254.